The number of hydrogen-bond donors (Lipinski definition) is 0. The number of furan rings is 1. The summed E-state index contributed by atoms with van der Waals surface area (Å²) in [7, 11) is 2.02. The molecule has 0 atom stereocenters. The van der Waals surface area contributed by atoms with Crippen molar-refractivity contribution < 1.29 is 11.7 Å². The third-order valence-electron chi connectivity index (χ3n) is 6.22. The fraction of sp³-hybridized carbons (Fsp3) is 0.143. The van der Waals surface area contributed by atoms with Gasteiger partial charge in [0.1, 0.15) is 0 Å². The molecule has 2 aromatic heterocycles. The molecule has 3 aromatic carbocycles. The molecule has 0 spiro atoms. The summed E-state index contributed by atoms with van der Waals surface area (Å²) in [6.45, 7) is 2.08. The summed E-state index contributed by atoms with van der Waals surface area (Å²) in [5.74, 6) is 0. The fourth-order valence-electron chi connectivity index (χ4n) is 4.69. The first-order valence-corrected chi connectivity index (χ1v) is 12.6. The van der Waals surface area contributed by atoms with Crippen LogP contribution >= 0.6 is 0 Å². The minimum absolute atomic E-state index is 0.0791. The molecule has 0 bridgehead atoms. The fourth-order valence-corrected chi connectivity index (χ4v) is 6.52. The van der Waals surface area contributed by atoms with E-state index in [2.05, 4.69) is 35.8 Å². The zero-order valence-corrected chi connectivity index (χ0v) is 19.5. The van der Waals surface area contributed by atoms with Crippen molar-refractivity contribution in [2.75, 3.05) is 0 Å². The zero-order valence-electron chi connectivity index (χ0n) is 19.8. The second-order valence-corrected chi connectivity index (χ2v) is 10.2. The Labute approximate surface area is 195 Å². The molecule has 1 aliphatic rings. The number of pyridine rings is 1. The van der Waals surface area contributed by atoms with Crippen LogP contribution in [0.3, 0.4) is 0 Å². The number of aromatic nitrogens is 1. The van der Waals surface area contributed by atoms with Crippen LogP contribution in [-0.2, 0) is 13.4 Å². The third-order valence-corrected chi connectivity index (χ3v) is 8.19. The Bertz CT molecular complexity index is 1680. The van der Waals surface area contributed by atoms with Crippen molar-refractivity contribution >= 4 is 41.4 Å². The average molecular weight is 482 g/mol. The molecule has 3 heterocycles. The van der Waals surface area contributed by atoms with Gasteiger partial charge in [0.2, 0.25) is 0 Å². The van der Waals surface area contributed by atoms with Crippen molar-refractivity contribution in [2.45, 2.75) is 18.6 Å². The standard InChI is InChI=1S/C28H21N2OSe/c1-17-9-11-21-22-12-10-18(16-29)26(20-6-5-8-24-19(20)13-15-32-24)28(22)31-27(21)25(17)23-7-3-4-14-30(23)2/h3-12,14H,13,15H2,1-2H3/q+1/i13D2. The van der Waals surface area contributed by atoms with Gasteiger partial charge in [-0.05, 0) is 0 Å². The van der Waals surface area contributed by atoms with Gasteiger partial charge in [0, 0.05) is 0 Å². The molecule has 0 radical (unpaired) electrons. The van der Waals surface area contributed by atoms with Gasteiger partial charge in [-0.2, -0.15) is 0 Å². The van der Waals surface area contributed by atoms with Gasteiger partial charge in [-0.25, -0.2) is 0 Å². The molecule has 0 aliphatic carbocycles. The molecule has 3 nitrogen and oxygen atoms in total. The van der Waals surface area contributed by atoms with Gasteiger partial charge in [0.05, 0.1) is 0 Å². The summed E-state index contributed by atoms with van der Waals surface area (Å²) in [6, 6.07) is 22.3. The Kier molecular flexibility index (Phi) is 3.95. The zero-order chi connectivity index (χ0) is 23.6. The summed E-state index contributed by atoms with van der Waals surface area (Å²) < 4.78 is 27.1. The number of nitrogens with zero attached hydrogens (tertiary/aromatic N) is 2. The van der Waals surface area contributed by atoms with Gasteiger partial charge in [0.25, 0.3) is 0 Å². The number of rotatable bonds is 2. The summed E-state index contributed by atoms with van der Waals surface area (Å²) in [5, 5.41) is 12.5. The van der Waals surface area contributed by atoms with E-state index < -0.39 is 6.37 Å². The molecule has 0 saturated carbocycles. The van der Waals surface area contributed by atoms with Crippen LogP contribution in [0.25, 0.3) is 44.3 Å². The van der Waals surface area contributed by atoms with E-state index in [9.17, 15) is 5.26 Å². The van der Waals surface area contributed by atoms with E-state index in [-0.39, 0.29) is 15.0 Å². The molecule has 0 saturated heterocycles. The van der Waals surface area contributed by atoms with E-state index in [0.29, 0.717) is 27.6 Å². The molecule has 32 heavy (non-hydrogen) atoms. The summed E-state index contributed by atoms with van der Waals surface area (Å²) >= 11 is 0.0791. The van der Waals surface area contributed by atoms with Gasteiger partial charge < -0.3 is 0 Å². The number of benzene rings is 3. The Morgan fingerprint density at radius 3 is 2.62 bits per heavy atom. The number of aryl methyl sites for hydroxylation is 2. The molecular formula is C28H21N2OSe+. The van der Waals surface area contributed by atoms with Crippen LogP contribution in [0.1, 0.15) is 19.4 Å². The predicted octanol–water partition coefficient (Wildman–Crippen LogP) is 5.23. The van der Waals surface area contributed by atoms with Gasteiger partial charge in [0.15, 0.2) is 0 Å². The van der Waals surface area contributed by atoms with E-state index in [1.807, 2.05) is 55.7 Å². The second kappa shape index (κ2) is 7.34. The third kappa shape index (κ3) is 2.76. The molecule has 154 valence electrons. The van der Waals surface area contributed by atoms with Crippen LogP contribution in [0.15, 0.2) is 71.3 Å². The van der Waals surface area contributed by atoms with E-state index in [1.54, 1.807) is 0 Å². The maximum absolute atomic E-state index is 10.0. The Balaban J connectivity index is 1.75. The SMILES string of the molecule is [2H]C1([2H])C[Se]c2cccc(-c3c(C#N)ccc4c3oc3c(-c5cccc[n+]5C)c(C)ccc34)c21. The molecule has 0 amide bonds. The summed E-state index contributed by atoms with van der Waals surface area (Å²) in [6.07, 6.45) is 0.610. The van der Waals surface area contributed by atoms with Crippen LogP contribution in [0.2, 0.25) is 5.32 Å². The molecule has 0 fully saturated rings. The van der Waals surface area contributed by atoms with E-state index in [4.69, 9.17) is 7.16 Å². The molecular weight excluding hydrogens is 459 g/mol. The molecule has 0 unspecified atom stereocenters. The quantitative estimate of drug-likeness (QED) is 0.256. The van der Waals surface area contributed by atoms with Crippen molar-refractivity contribution in [1.29, 1.82) is 5.26 Å². The van der Waals surface area contributed by atoms with Crippen LogP contribution in [0.4, 0.5) is 0 Å². The van der Waals surface area contributed by atoms with Crippen molar-refractivity contribution in [3.63, 3.8) is 0 Å². The van der Waals surface area contributed by atoms with Crippen molar-refractivity contribution in [2.24, 2.45) is 7.05 Å². The maximum atomic E-state index is 10.0. The predicted molar refractivity (Wildman–Crippen MR) is 129 cm³/mol. The van der Waals surface area contributed by atoms with E-state index in [1.165, 1.54) is 0 Å². The van der Waals surface area contributed by atoms with E-state index >= 15 is 0 Å². The second-order valence-electron chi connectivity index (χ2n) is 8.05. The van der Waals surface area contributed by atoms with Crippen molar-refractivity contribution in [1.82, 2.24) is 0 Å². The Morgan fingerprint density at radius 2 is 1.81 bits per heavy atom. The van der Waals surface area contributed by atoms with Crippen molar-refractivity contribution in [3.05, 3.63) is 83.6 Å². The number of nitriles is 1. The number of fused-ring (bicyclic) bond motifs is 4. The van der Waals surface area contributed by atoms with Gasteiger partial charge in [-0.1, -0.05) is 0 Å². The summed E-state index contributed by atoms with van der Waals surface area (Å²) in [5.41, 5.74) is 7.28. The molecule has 6 rings (SSSR count). The van der Waals surface area contributed by atoms with Gasteiger partial charge >= 0.3 is 196 Å². The molecule has 4 heteroatoms. The van der Waals surface area contributed by atoms with Gasteiger partial charge in [-0.15, -0.1) is 0 Å². The monoisotopic (exact) mass is 483 g/mol. The van der Waals surface area contributed by atoms with E-state index in [0.717, 1.165) is 43.2 Å². The van der Waals surface area contributed by atoms with Crippen LogP contribution in [-0.4, -0.2) is 15.0 Å². The number of hydrogen-bond acceptors (Lipinski definition) is 2. The normalized spacial score (nSPS) is 15.4. The van der Waals surface area contributed by atoms with Crippen LogP contribution < -0.4 is 9.03 Å². The Morgan fingerprint density at radius 1 is 1.00 bits per heavy atom. The first-order chi connectivity index (χ1) is 16.4. The first kappa shape index (κ1) is 17.2. The summed E-state index contributed by atoms with van der Waals surface area (Å²) in [4.78, 5) is 0. The molecule has 0 N–H and O–H groups in total. The topological polar surface area (TPSA) is 40.8 Å². The minimum atomic E-state index is -1.41. The van der Waals surface area contributed by atoms with Crippen LogP contribution in [0.5, 0.6) is 0 Å². The first-order valence-electron chi connectivity index (χ1n) is 11.5. The van der Waals surface area contributed by atoms with Crippen LogP contribution in [0, 0.1) is 18.3 Å². The molecule has 1 aliphatic heterocycles. The molecule has 5 aromatic rings. The van der Waals surface area contributed by atoms with Gasteiger partial charge in [-0.3, -0.25) is 0 Å². The average Bonchev–Trinajstić information content (AvgIpc) is 3.36. The Hall–Kier alpha value is -3.38. The van der Waals surface area contributed by atoms with Crippen molar-refractivity contribution in [3.8, 4) is 28.5 Å².